The Kier molecular flexibility index (Phi) is 4.62. The standard InChI is InChI=1S/C23H26N6O/c1-16-7-8-18(26-14-16)20-13-19(27-29(20)17-5-4-11-25-15-17)22(30)28-12-3-2-6-21(28)23(24)9-10-23/h4-5,7-8,11,13-15,21H,2-3,6,9-10,12,24H2,1H3. The van der Waals surface area contributed by atoms with Crippen LogP contribution in [0.4, 0.5) is 0 Å². The first kappa shape index (κ1) is 18.9. The number of rotatable bonds is 4. The van der Waals surface area contributed by atoms with E-state index in [1.165, 1.54) is 0 Å². The predicted octanol–water partition coefficient (Wildman–Crippen LogP) is 3.12. The van der Waals surface area contributed by atoms with Gasteiger partial charge in [0, 0.05) is 24.5 Å². The molecular formula is C23H26N6O. The summed E-state index contributed by atoms with van der Waals surface area (Å²) in [6.07, 6.45) is 10.4. The smallest absolute Gasteiger partial charge is 0.274 e. The van der Waals surface area contributed by atoms with Gasteiger partial charge < -0.3 is 10.6 Å². The van der Waals surface area contributed by atoms with Gasteiger partial charge >= 0.3 is 0 Å². The van der Waals surface area contributed by atoms with Crippen LogP contribution in [0.3, 0.4) is 0 Å². The summed E-state index contributed by atoms with van der Waals surface area (Å²) in [5, 5.41) is 4.70. The van der Waals surface area contributed by atoms with Gasteiger partial charge in [0.25, 0.3) is 5.91 Å². The van der Waals surface area contributed by atoms with Crippen molar-refractivity contribution < 1.29 is 4.79 Å². The molecule has 0 bridgehead atoms. The van der Waals surface area contributed by atoms with Crippen molar-refractivity contribution in [3.8, 4) is 17.1 Å². The lowest BCUT2D eigenvalue weighted by atomic mass is 9.94. The van der Waals surface area contributed by atoms with E-state index in [-0.39, 0.29) is 17.5 Å². The number of nitrogens with two attached hydrogens (primary N) is 1. The van der Waals surface area contributed by atoms with Crippen LogP contribution in [-0.4, -0.2) is 48.7 Å². The molecule has 1 aliphatic carbocycles. The molecular weight excluding hydrogens is 376 g/mol. The minimum atomic E-state index is -0.219. The van der Waals surface area contributed by atoms with E-state index < -0.39 is 0 Å². The van der Waals surface area contributed by atoms with E-state index >= 15 is 0 Å². The molecule has 154 valence electrons. The van der Waals surface area contributed by atoms with E-state index in [1.54, 1.807) is 17.1 Å². The fourth-order valence-corrected chi connectivity index (χ4v) is 4.36. The zero-order chi connectivity index (χ0) is 20.7. The predicted molar refractivity (Wildman–Crippen MR) is 114 cm³/mol. The number of likely N-dealkylation sites (tertiary alicyclic amines) is 1. The molecule has 4 heterocycles. The number of pyridine rings is 2. The van der Waals surface area contributed by atoms with Gasteiger partial charge in [-0.15, -0.1) is 0 Å². The molecule has 1 saturated carbocycles. The summed E-state index contributed by atoms with van der Waals surface area (Å²) in [4.78, 5) is 24.3. The normalized spacial score (nSPS) is 20.2. The third-order valence-corrected chi connectivity index (χ3v) is 6.25. The number of carbonyl (C=O) groups excluding carboxylic acids is 1. The Bertz CT molecular complexity index is 1060. The minimum absolute atomic E-state index is 0.0487. The highest BCUT2D eigenvalue weighted by molar-refractivity contribution is 5.94. The van der Waals surface area contributed by atoms with Crippen LogP contribution >= 0.6 is 0 Å². The molecule has 0 radical (unpaired) electrons. The number of hydrogen-bond acceptors (Lipinski definition) is 5. The molecule has 1 atom stereocenters. The van der Waals surface area contributed by atoms with Crippen LogP contribution < -0.4 is 5.73 Å². The highest BCUT2D eigenvalue weighted by Crippen LogP contribution is 2.42. The molecule has 2 N–H and O–H groups in total. The summed E-state index contributed by atoms with van der Waals surface area (Å²) in [5.74, 6) is -0.0487. The van der Waals surface area contributed by atoms with Crippen LogP contribution in [0.15, 0.2) is 48.9 Å². The summed E-state index contributed by atoms with van der Waals surface area (Å²) in [6.45, 7) is 2.74. The first-order valence-electron chi connectivity index (χ1n) is 10.6. The summed E-state index contributed by atoms with van der Waals surface area (Å²) in [7, 11) is 0. The van der Waals surface area contributed by atoms with Gasteiger partial charge in [-0.3, -0.25) is 14.8 Å². The highest BCUT2D eigenvalue weighted by atomic mass is 16.2. The van der Waals surface area contributed by atoms with Crippen molar-refractivity contribution in [1.29, 1.82) is 0 Å². The second-order valence-corrected chi connectivity index (χ2v) is 8.50. The van der Waals surface area contributed by atoms with E-state index in [2.05, 4.69) is 9.97 Å². The zero-order valence-corrected chi connectivity index (χ0v) is 17.2. The van der Waals surface area contributed by atoms with Crippen molar-refractivity contribution in [3.05, 3.63) is 60.2 Å². The lowest BCUT2D eigenvalue weighted by molar-refractivity contribution is 0.0551. The lowest BCUT2D eigenvalue weighted by Gasteiger charge is -2.39. The van der Waals surface area contributed by atoms with Crippen molar-refractivity contribution >= 4 is 5.91 Å². The molecule has 2 aliphatic rings. The van der Waals surface area contributed by atoms with Crippen LogP contribution in [0.2, 0.25) is 0 Å². The van der Waals surface area contributed by atoms with Crippen molar-refractivity contribution in [3.63, 3.8) is 0 Å². The Morgan fingerprint density at radius 3 is 2.77 bits per heavy atom. The maximum Gasteiger partial charge on any atom is 0.274 e. The topological polar surface area (TPSA) is 89.9 Å². The van der Waals surface area contributed by atoms with Crippen molar-refractivity contribution in [2.75, 3.05) is 6.54 Å². The average Bonchev–Trinajstić information content (AvgIpc) is 3.38. The number of aromatic nitrogens is 4. The Balaban J connectivity index is 1.55. The van der Waals surface area contributed by atoms with E-state index in [0.717, 1.165) is 61.3 Å². The third kappa shape index (κ3) is 3.39. The van der Waals surface area contributed by atoms with E-state index in [0.29, 0.717) is 5.69 Å². The summed E-state index contributed by atoms with van der Waals surface area (Å²) >= 11 is 0. The van der Waals surface area contributed by atoms with Gasteiger partial charge in [0.1, 0.15) is 0 Å². The van der Waals surface area contributed by atoms with E-state index in [4.69, 9.17) is 10.8 Å². The van der Waals surface area contributed by atoms with Gasteiger partial charge in [0.15, 0.2) is 5.69 Å². The van der Waals surface area contributed by atoms with Gasteiger partial charge in [-0.05, 0) is 68.9 Å². The van der Waals surface area contributed by atoms with Gasteiger partial charge in [-0.25, -0.2) is 4.68 Å². The molecule has 0 aromatic carbocycles. The fourth-order valence-electron chi connectivity index (χ4n) is 4.36. The fraction of sp³-hybridized carbons (Fsp3) is 0.391. The second kappa shape index (κ2) is 7.32. The third-order valence-electron chi connectivity index (χ3n) is 6.25. The Hall–Kier alpha value is -3.06. The lowest BCUT2D eigenvalue weighted by Crippen LogP contribution is -2.54. The molecule has 1 saturated heterocycles. The molecule has 3 aromatic rings. The van der Waals surface area contributed by atoms with Gasteiger partial charge in [0.2, 0.25) is 0 Å². The molecule has 1 amide bonds. The molecule has 7 nitrogen and oxygen atoms in total. The summed E-state index contributed by atoms with van der Waals surface area (Å²) in [5.41, 5.74) is 10.1. The summed E-state index contributed by atoms with van der Waals surface area (Å²) < 4.78 is 1.76. The van der Waals surface area contributed by atoms with Crippen LogP contribution in [0, 0.1) is 6.92 Å². The first-order valence-corrected chi connectivity index (χ1v) is 10.6. The van der Waals surface area contributed by atoms with Crippen LogP contribution in [0.1, 0.15) is 48.2 Å². The van der Waals surface area contributed by atoms with Crippen LogP contribution in [0.5, 0.6) is 0 Å². The molecule has 7 heteroatoms. The number of nitrogens with zero attached hydrogens (tertiary/aromatic N) is 5. The van der Waals surface area contributed by atoms with E-state index in [1.807, 2.05) is 48.4 Å². The molecule has 3 aromatic heterocycles. The van der Waals surface area contributed by atoms with Gasteiger partial charge in [-0.2, -0.15) is 5.10 Å². The number of piperidine rings is 1. The quantitative estimate of drug-likeness (QED) is 0.724. The van der Waals surface area contributed by atoms with Crippen molar-refractivity contribution in [2.45, 2.75) is 50.6 Å². The summed E-state index contributed by atoms with van der Waals surface area (Å²) in [6, 6.07) is 9.69. The molecule has 1 unspecified atom stereocenters. The number of hydrogen-bond donors (Lipinski definition) is 1. The van der Waals surface area contributed by atoms with Crippen LogP contribution in [0.25, 0.3) is 17.1 Å². The molecule has 1 aliphatic heterocycles. The molecule has 5 rings (SSSR count). The Morgan fingerprint density at radius 2 is 2.07 bits per heavy atom. The number of aryl methyl sites for hydroxylation is 1. The zero-order valence-electron chi connectivity index (χ0n) is 17.2. The van der Waals surface area contributed by atoms with Crippen molar-refractivity contribution in [1.82, 2.24) is 24.6 Å². The van der Waals surface area contributed by atoms with Gasteiger partial charge in [-0.1, -0.05) is 6.07 Å². The second-order valence-electron chi connectivity index (χ2n) is 8.50. The average molecular weight is 403 g/mol. The van der Waals surface area contributed by atoms with E-state index in [9.17, 15) is 4.79 Å². The maximum absolute atomic E-state index is 13.5. The minimum Gasteiger partial charge on any atom is -0.332 e. The highest BCUT2D eigenvalue weighted by Gasteiger charge is 2.50. The maximum atomic E-state index is 13.5. The Morgan fingerprint density at radius 1 is 1.20 bits per heavy atom. The molecule has 30 heavy (non-hydrogen) atoms. The molecule has 2 fully saturated rings. The largest absolute Gasteiger partial charge is 0.332 e. The van der Waals surface area contributed by atoms with Crippen molar-refractivity contribution in [2.24, 2.45) is 5.73 Å². The SMILES string of the molecule is Cc1ccc(-c2cc(C(=O)N3CCCCC3C3(N)CC3)nn2-c2cccnc2)nc1. The Labute approximate surface area is 175 Å². The number of carbonyl (C=O) groups is 1. The number of amides is 1. The first-order chi connectivity index (χ1) is 14.5. The molecule has 0 spiro atoms. The monoisotopic (exact) mass is 402 g/mol. The van der Waals surface area contributed by atoms with Gasteiger partial charge in [0.05, 0.1) is 29.3 Å². The van der Waals surface area contributed by atoms with Crippen LogP contribution in [-0.2, 0) is 0 Å².